The molecule has 0 spiro atoms. The van der Waals surface area contributed by atoms with Gasteiger partial charge < -0.3 is 15.5 Å². The molecule has 4 N–H and O–H groups in total. The predicted molar refractivity (Wildman–Crippen MR) is 127 cm³/mol. The van der Waals surface area contributed by atoms with E-state index in [1.165, 1.54) is 12.2 Å². The van der Waals surface area contributed by atoms with Gasteiger partial charge in [0.2, 0.25) is 0 Å². The first-order valence-corrected chi connectivity index (χ1v) is 11.1. The van der Waals surface area contributed by atoms with Crippen LogP contribution in [0.2, 0.25) is 0 Å². The van der Waals surface area contributed by atoms with Gasteiger partial charge in [-0.15, -0.1) is 0 Å². The van der Waals surface area contributed by atoms with Crippen molar-refractivity contribution in [3.63, 3.8) is 0 Å². The molecule has 0 radical (unpaired) electrons. The number of benzene rings is 2. The summed E-state index contributed by atoms with van der Waals surface area (Å²) in [4.78, 5) is 23.5. The highest BCUT2D eigenvalue weighted by molar-refractivity contribution is 6.54. The van der Waals surface area contributed by atoms with Crippen LogP contribution in [0, 0.1) is 12.8 Å². The van der Waals surface area contributed by atoms with Crippen molar-refractivity contribution in [1.29, 1.82) is 0 Å². The molecule has 0 saturated carbocycles. The lowest BCUT2D eigenvalue weighted by molar-refractivity contribution is -0.137. The van der Waals surface area contributed by atoms with Crippen LogP contribution < -0.4 is 10.7 Å². The van der Waals surface area contributed by atoms with E-state index < -0.39 is 29.7 Å². The average Bonchev–Trinajstić information content (AvgIpc) is 3.13. The lowest BCUT2D eigenvalue weighted by Crippen LogP contribution is -2.31. The van der Waals surface area contributed by atoms with Crippen LogP contribution in [-0.4, -0.2) is 33.9 Å². The van der Waals surface area contributed by atoms with Crippen LogP contribution >= 0.6 is 0 Å². The number of carboxylic acid groups (broad SMARTS) is 1. The number of hydrazone groups is 1. The van der Waals surface area contributed by atoms with Gasteiger partial charge in [0.15, 0.2) is 5.71 Å². The number of aliphatic hydroxyl groups is 1. The van der Waals surface area contributed by atoms with Crippen molar-refractivity contribution in [2.24, 2.45) is 11.0 Å². The molecule has 2 unspecified atom stereocenters. The Bertz CT molecular complexity index is 1220. The number of aryl methyl sites for hydroxylation is 3. The zero-order chi connectivity index (χ0) is 24.2. The third-order valence-electron chi connectivity index (χ3n) is 6.15. The van der Waals surface area contributed by atoms with Crippen molar-refractivity contribution in [1.82, 2.24) is 5.43 Å². The number of anilines is 1. The van der Waals surface area contributed by atoms with E-state index in [1.807, 2.05) is 31.2 Å². The Morgan fingerprint density at radius 2 is 1.91 bits per heavy atom. The maximum atomic E-state index is 14.4. The van der Waals surface area contributed by atoms with Crippen LogP contribution in [0.25, 0.3) is 0 Å². The first kappa shape index (κ1) is 23.4. The second-order valence-electron chi connectivity index (χ2n) is 8.48. The Morgan fingerprint density at radius 1 is 1.15 bits per heavy atom. The van der Waals surface area contributed by atoms with Crippen LogP contribution in [0.4, 0.5) is 10.1 Å². The van der Waals surface area contributed by atoms with Crippen molar-refractivity contribution < 1.29 is 24.2 Å². The van der Waals surface area contributed by atoms with E-state index in [9.17, 15) is 19.1 Å². The van der Waals surface area contributed by atoms with E-state index in [-0.39, 0.29) is 24.3 Å². The number of carbonyl (C=O) groups excluding carboxylic acids is 1. The fourth-order valence-electron chi connectivity index (χ4n) is 4.32. The molecule has 8 heteroatoms. The number of amides is 1. The monoisotopic (exact) mass is 463 g/mol. The SMILES string of the molecule is Cc1ccccc1CCC1C=C(F)C=C(NN=C2C(=O)Nc3cccc(CCC(=O)O)c32)C1O. The van der Waals surface area contributed by atoms with Crippen molar-refractivity contribution in [2.75, 3.05) is 5.32 Å². The Hall–Kier alpha value is -3.78. The molecular formula is C26H26FN3O4. The summed E-state index contributed by atoms with van der Waals surface area (Å²) >= 11 is 0. The van der Waals surface area contributed by atoms with Crippen LogP contribution in [0.5, 0.6) is 0 Å². The van der Waals surface area contributed by atoms with Crippen molar-refractivity contribution in [3.05, 3.63) is 88.4 Å². The molecule has 2 atom stereocenters. The van der Waals surface area contributed by atoms with Crippen LogP contribution in [0.15, 0.2) is 71.2 Å². The summed E-state index contributed by atoms with van der Waals surface area (Å²) in [5, 5.41) is 26.8. The normalized spacial score (nSPS) is 20.4. The highest BCUT2D eigenvalue weighted by atomic mass is 19.1. The Labute approximate surface area is 196 Å². The summed E-state index contributed by atoms with van der Waals surface area (Å²) in [5.41, 5.74) is 6.91. The van der Waals surface area contributed by atoms with Gasteiger partial charge in [-0.3, -0.25) is 15.0 Å². The summed E-state index contributed by atoms with van der Waals surface area (Å²) < 4.78 is 14.4. The Morgan fingerprint density at radius 3 is 2.68 bits per heavy atom. The van der Waals surface area contributed by atoms with Gasteiger partial charge in [0.05, 0.1) is 11.4 Å². The zero-order valence-electron chi connectivity index (χ0n) is 18.7. The molecule has 4 rings (SSSR count). The van der Waals surface area contributed by atoms with Crippen molar-refractivity contribution in [3.8, 4) is 0 Å². The topological polar surface area (TPSA) is 111 Å². The molecule has 0 aromatic heterocycles. The minimum absolute atomic E-state index is 0.0653. The molecule has 2 aliphatic rings. The maximum absolute atomic E-state index is 14.4. The van der Waals surface area contributed by atoms with Gasteiger partial charge in [-0.25, -0.2) is 4.39 Å². The smallest absolute Gasteiger partial charge is 0.303 e. The third-order valence-corrected chi connectivity index (χ3v) is 6.15. The molecule has 1 aliphatic heterocycles. The molecule has 1 amide bonds. The lowest BCUT2D eigenvalue weighted by atomic mass is 9.88. The van der Waals surface area contributed by atoms with E-state index in [1.54, 1.807) is 18.2 Å². The van der Waals surface area contributed by atoms with Gasteiger partial charge >= 0.3 is 5.97 Å². The van der Waals surface area contributed by atoms with Crippen molar-refractivity contribution in [2.45, 2.75) is 38.7 Å². The molecule has 0 saturated heterocycles. The number of allylic oxidation sites excluding steroid dienone is 2. The molecule has 2 aromatic carbocycles. The second kappa shape index (κ2) is 10.0. The molecule has 1 heterocycles. The van der Waals surface area contributed by atoms with E-state index >= 15 is 0 Å². The van der Waals surface area contributed by atoms with E-state index in [2.05, 4.69) is 15.8 Å². The largest absolute Gasteiger partial charge is 0.481 e. The summed E-state index contributed by atoms with van der Waals surface area (Å²) in [6, 6.07) is 13.1. The number of aliphatic carboxylic acids is 1. The molecule has 2 aromatic rings. The van der Waals surface area contributed by atoms with Gasteiger partial charge in [0, 0.05) is 17.9 Å². The van der Waals surface area contributed by atoms with E-state index in [0.717, 1.165) is 11.1 Å². The minimum atomic E-state index is -1.01. The number of hydrogen-bond acceptors (Lipinski definition) is 5. The number of fused-ring (bicyclic) bond motifs is 1. The second-order valence-corrected chi connectivity index (χ2v) is 8.48. The predicted octanol–water partition coefficient (Wildman–Crippen LogP) is 3.62. The maximum Gasteiger partial charge on any atom is 0.303 e. The van der Waals surface area contributed by atoms with Gasteiger partial charge in [-0.1, -0.05) is 36.4 Å². The van der Waals surface area contributed by atoms with Crippen LogP contribution in [0.3, 0.4) is 0 Å². The van der Waals surface area contributed by atoms with Gasteiger partial charge in [-0.2, -0.15) is 5.10 Å². The molecule has 7 nitrogen and oxygen atoms in total. The summed E-state index contributed by atoms with van der Waals surface area (Å²) in [6.45, 7) is 2.02. The molecule has 0 bridgehead atoms. The number of hydrogen-bond donors (Lipinski definition) is 4. The molecule has 0 fully saturated rings. The summed E-state index contributed by atoms with van der Waals surface area (Å²) in [7, 11) is 0. The fraction of sp³-hybridized carbons (Fsp3) is 0.269. The summed E-state index contributed by atoms with van der Waals surface area (Å²) in [6.07, 6.45) is 2.93. The minimum Gasteiger partial charge on any atom is -0.481 e. The molecule has 176 valence electrons. The first-order valence-electron chi connectivity index (χ1n) is 11.1. The highest BCUT2D eigenvalue weighted by Crippen LogP contribution is 2.30. The quantitative estimate of drug-likeness (QED) is 0.447. The number of carbonyl (C=O) groups is 2. The third kappa shape index (κ3) is 5.07. The van der Waals surface area contributed by atoms with Crippen LogP contribution in [-0.2, 0) is 22.4 Å². The average molecular weight is 464 g/mol. The van der Waals surface area contributed by atoms with E-state index in [0.29, 0.717) is 29.7 Å². The number of aliphatic hydroxyl groups excluding tert-OH is 1. The van der Waals surface area contributed by atoms with Gasteiger partial charge in [0.1, 0.15) is 11.9 Å². The standard InChI is InChI=1S/C26H26FN3O4/c1-15-5-2-3-6-16(15)9-10-18-13-19(27)14-21(25(18)33)29-30-24-23-17(11-12-22(31)32)7-4-8-20(23)28-26(24)34/h2-8,13-14,18,25,29,33H,9-12H2,1H3,(H,31,32)(H,28,30,34). The lowest BCUT2D eigenvalue weighted by Gasteiger charge is -2.25. The highest BCUT2D eigenvalue weighted by Gasteiger charge is 2.30. The number of rotatable bonds is 8. The Balaban J connectivity index is 1.51. The van der Waals surface area contributed by atoms with Crippen molar-refractivity contribution >= 4 is 23.3 Å². The first-order chi connectivity index (χ1) is 16.3. The fourth-order valence-corrected chi connectivity index (χ4v) is 4.32. The number of carboxylic acids is 1. The summed E-state index contributed by atoms with van der Waals surface area (Å²) in [5.74, 6) is -2.34. The number of nitrogens with one attached hydrogen (secondary N) is 2. The van der Waals surface area contributed by atoms with E-state index in [4.69, 9.17) is 5.11 Å². The van der Waals surface area contributed by atoms with Gasteiger partial charge in [0.25, 0.3) is 5.91 Å². The molecule has 1 aliphatic carbocycles. The molecule has 34 heavy (non-hydrogen) atoms. The van der Waals surface area contributed by atoms with Gasteiger partial charge in [-0.05, 0) is 61.1 Å². The zero-order valence-corrected chi connectivity index (χ0v) is 18.7. The number of nitrogens with zero attached hydrogens (tertiary/aromatic N) is 1. The van der Waals surface area contributed by atoms with Crippen LogP contribution in [0.1, 0.15) is 35.1 Å². The number of halogens is 1. The molecular weight excluding hydrogens is 437 g/mol. The Kier molecular flexibility index (Phi) is 6.88.